The van der Waals surface area contributed by atoms with Crippen molar-refractivity contribution in [1.82, 2.24) is 16.2 Å². The van der Waals surface area contributed by atoms with Crippen LogP contribution in [0.1, 0.15) is 23.6 Å². The van der Waals surface area contributed by atoms with E-state index in [1.165, 1.54) is 0 Å². The van der Waals surface area contributed by atoms with Gasteiger partial charge in [-0.3, -0.25) is 4.79 Å². The largest absolute Gasteiger partial charge is 0.351 e. The van der Waals surface area contributed by atoms with Crippen LogP contribution in [0.5, 0.6) is 0 Å². The van der Waals surface area contributed by atoms with E-state index in [-0.39, 0.29) is 18.0 Å². The zero-order valence-electron chi connectivity index (χ0n) is 13.7. The molecule has 7 nitrogen and oxygen atoms in total. The number of nitrogens with one attached hydrogen (secondary N) is 4. The van der Waals surface area contributed by atoms with Gasteiger partial charge in [-0.1, -0.05) is 42.5 Å². The molecule has 3 rings (SSSR count). The Bertz CT molecular complexity index is 733. The summed E-state index contributed by atoms with van der Waals surface area (Å²) in [5.74, 6) is -0.0507. The van der Waals surface area contributed by atoms with Gasteiger partial charge in [-0.05, 0) is 29.7 Å². The molecule has 3 amide bonds. The Balaban J connectivity index is 1.49. The number of urea groups is 1. The van der Waals surface area contributed by atoms with E-state index in [0.717, 1.165) is 11.1 Å². The van der Waals surface area contributed by atoms with Gasteiger partial charge in [0.15, 0.2) is 0 Å². The van der Waals surface area contributed by atoms with Crippen LogP contribution in [0.25, 0.3) is 0 Å². The summed E-state index contributed by atoms with van der Waals surface area (Å²) >= 11 is 0. The lowest BCUT2D eigenvalue weighted by atomic mass is 10.0. The second-order valence-electron chi connectivity index (χ2n) is 5.94. The molecule has 2 unspecified atom stereocenters. The molecule has 2 atom stereocenters. The van der Waals surface area contributed by atoms with E-state index in [1.54, 1.807) is 12.1 Å². The van der Waals surface area contributed by atoms with E-state index >= 15 is 0 Å². The summed E-state index contributed by atoms with van der Waals surface area (Å²) in [6, 6.07) is 16.4. The number of anilines is 1. The molecule has 0 aromatic heterocycles. The van der Waals surface area contributed by atoms with E-state index in [0.29, 0.717) is 18.7 Å². The minimum atomic E-state index is -0.603. The molecular weight excluding hydrogens is 318 g/mol. The van der Waals surface area contributed by atoms with Crippen LogP contribution < -0.4 is 27.2 Å². The number of nitrogens with two attached hydrogens (primary N) is 1. The first-order valence-corrected chi connectivity index (χ1v) is 8.11. The Labute approximate surface area is 146 Å². The summed E-state index contributed by atoms with van der Waals surface area (Å²) in [6.07, 6.45) is 0.692. The van der Waals surface area contributed by atoms with Crippen LogP contribution in [0, 0.1) is 0 Å². The van der Waals surface area contributed by atoms with Gasteiger partial charge >= 0.3 is 6.03 Å². The summed E-state index contributed by atoms with van der Waals surface area (Å²) in [5.41, 5.74) is 14.0. The third-order valence-corrected chi connectivity index (χ3v) is 4.11. The number of benzene rings is 2. The number of hydrogen-bond donors (Lipinski definition) is 5. The van der Waals surface area contributed by atoms with Crippen LogP contribution in [0.4, 0.5) is 10.5 Å². The first-order valence-electron chi connectivity index (χ1n) is 8.11. The number of rotatable bonds is 5. The molecule has 0 bridgehead atoms. The average molecular weight is 339 g/mol. The highest BCUT2D eigenvalue weighted by molar-refractivity contribution is 5.87. The van der Waals surface area contributed by atoms with Crippen LogP contribution in [-0.4, -0.2) is 18.0 Å². The topological polar surface area (TPSA) is 108 Å². The molecule has 7 heteroatoms. The zero-order valence-corrected chi connectivity index (χ0v) is 13.7. The average Bonchev–Trinajstić information content (AvgIpc) is 3.11. The van der Waals surface area contributed by atoms with Gasteiger partial charge in [-0.15, -0.1) is 0 Å². The molecule has 0 spiro atoms. The number of amides is 3. The summed E-state index contributed by atoms with van der Waals surface area (Å²) in [5, 5.41) is 5.41. The van der Waals surface area contributed by atoms with Gasteiger partial charge in [0.25, 0.3) is 0 Å². The minimum Gasteiger partial charge on any atom is -0.351 e. The minimum absolute atomic E-state index is 0.0507. The van der Waals surface area contributed by atoms with Crippen molar-refractivity contribution in [3.8, 4) is 0 Å². The Morgan fingerprint density at radius 1 is 1.04 bits per heavy atom. The van der Waals surface area contributed by atoms with Crippen molar-refractivity contribution in [2.24, 2.45) is 5.73 Å². The molecule has 0 radical (unpaired) electrons. The summed E-state index contributed by atoms with van der Waals surface area (Å²) in [7, 11) is 0. The molecule has 25 heavy (non-hydrogen) atoms. The normalized spacial score (nSPS) is 19.4. The highest BCUT2D eigenvalue weighted by Crippen LogP contribution is 2.21. The fourth-order valence-electron chi connectivity index (χ4n) is 2.79. The predicted octanol–water partition coefficient (Wildman–Crippen LogP) is 1.40. The van der Waals surface area contributed by atoms with Gasteiger partial charge in [0, 0.05) is 18.3 Å². The number of primary amides is 1. The number of hydrazine groups is 1. The highest BCUT2D eigenvalue weighted by Gasteiger charge is 2.29. The lowest BCUT2D eigenvalue weighted by molar-refractivity contribution is -0.123. The van der Waals surface area contributed by atoms with Crippen molar-refractivity contribution in [3.63, 3.8) is 0 Å². The van der Waals surface area contributed by atoms with Crippen LogP contribution in [0.15, 0.2) is 54.6 Å². The first-order chi connectivity index (χ1) is 12.1. The van der Waals surface area contributed by atoms with Gasteiger partial charge in [-0.25, -0.2) is 15.6 Å². The molecule has 0 aliphatic carbocycles. The van der Waals surface area contributed by atoms with Crippen molar-refractivity contribution in [3.05, 3.63) is 65.7 Å². The SMILES string of the molecule is NC(=O)Nc1ccc(CNC(=O)C2CC(c3ccccc3)NN2)cc1. The Morgan fingerprint density at radius 3 is 2.44 bits per heavy atom. The third-order valence-electron chi connectivity index (χ3n) is 4.11. The van der Waals surface area contributed by atoms with Crippen LogP contribution in [0.3, 0.4) is 0 Å². The zero-order chi connectivity index (χ0) is 17.6. The van der Waals surface area contributed by atoms with Crippen LogP contribution in [-0.2, 0) is 11.3 Å². The van der Waals surface area contributed by atoms with E-state index in [2.05, 4.69) is 21.5 Å². The second-order valence-corrected chi connectivity index (χ2v) is 5.94. The first kappa shape index (κ1) is 16.9. The van der Waals surface area contributed by atoms with E-state index in [1.807, 2.05) is 42.5 Å². The standard InChI is InChI=1S/C18H21N5O2/c19-18(25)21-14-8-6-12(7-9-14)11-20-17(24)16-10-15(22-23-16)13-4-2-1-3-5-13/h1-9,15-16,22-23H,10-11H2,(H,20,24)(H3,19,21,25). The second kappa shape index (κ2) is 7.78. The van der Waals surface area contributed by atoms with Gasteiger partial charge < -0.3 is 16.4 Å². The maximum absolute atomic E-state index is 12.3. The summed E-state index contributed by atoms with van der Waals surface area (Å²) in [4.78, 5) is 23.1. The molecule has 2 aromatic rings. The number of carbonyl (C=O) groups excluding carboxylic acids is 2. The van der Waals surface area contributed by atoms with Gasteiger partial charge in [0.2, 0.25) is 5.91 Å². The fraction of sp³-hybridized carbons (Fsp3) is 0.222. The van der Waals surface area contributed by atoms with Crippen molar-refractivity contribution < 1.29 is 9.59 Å². The molecular formula is C18H21N5O2. The Morgan fingerprint density at radius 2 is 1.76 bits per heavy atom. The molecule has 0 saturated carbocycles. The molecule has 1 saturated heterocycles. The Kier molecular flexibility index (Phi) is 5.27. The molecule has 1 aliphatic heterocycles. The maximum Gasteiger partial charge on any atom is 0.316 e. The number of carbonyl (C=O) groups is 2. The molecule has 1 heterocycles. The number of hydrogen-bond acceptors (Lipinski definition) is 4. The third kappa shape index (κ3) is 4.56. The van der Waals surface area contributed by atoms with Gasteiger partial charge in [0.1, 0.15) is 6.04 Å². The lowest BCUT2D eigenvalue weighted by Gasteiger charge is -2.11. The van der Waals surface area contributed by atoms with Crippen molar-refractivity contribution in [2.75, 3.05) is 5.32 Å². The maximum atomic E-state index is 12.3. The molecule has 1 fully saturated rings. The lowest BCUT2D eigenvalue weighted by Crippen LogP contribution is -2.42. The van der Waals surface area contributed by atoms with E-state index < -0.39 is 6.03 Å². The quantitative estimate of drug-likeness (QED) is 0.567. The van der Waals surface area contributed by atoms with Crippen molar-refractivity contribution in [2.45, 2.75) is 25.0 Å². The van der Waals surface area contributed by atoms with Crippen LogP contribution in [0.2, 0.25) is 0 Å². The van der Waals surface area contributed by atoms with Crippen LogP contribution >= 0.6 is 0 Å². The van der Waals surface area contributed by atoms with Crippen molar-refractivity contribution >= 4 is 17.6 Å². The van der Waals surface area contributed by atoms with Gasteiger partial charge in [0.05, 0.1) is 0 Å². The highest BCUT2D eigenvalue weighted by atomic mass is 16.2. The predicted molar refractivity (Wildman–Crippen MR) is 95.4 cm³/mol. The summed E-state index contributed by atoms with van der Waals surface area (Å²) in [6.45, 7) is 0.421. The molecule has 6 N–H and O–H groups in total. The summed E-state index contributed by atoms with van der Waals surface area (Å²) < 4.78 is 0. The van der Waals surface area contributed by atoms with E-state index in [4.69, 9.17) is 5.73 Å². The smallest absolute Gasteiger partial charge is 0.316 e. The van der Waals surface area contributed by atoms with E-state index in [9.17, 15) is 9.59 Å². The monoisotopic (exact) mass is 339 g/mol. The fourth-order valence-corrected chi connectivity index (χ4v) is 2.79. The molecule has 2 aromatic carbocycles. The molecule has 130 valence electrons. The Hall–Kier alpha value is -2.90. The molecule has 1 aliphatic rings. The van der Waals surface area contributed by atoms with Gasteiger partial charge in [-0.2, -0.15) is 0 Å². The van der Waals surface area contributed by atoms with Crippen molar-refractivity contribution in [1.29, 1.82) is 0 Å².